The minimum atomic E-state index is -0.968. The van der Waals surface area contributed by atoms with Gasteiger partial charge in [-0.05, 0) is 24.1 Å². The van der Waals surface area contributed by atoms with Gasteiger partial charge in [0, 0.05) is 25.6 Å². The van der Waals surface area contributed by atoms with Crippen LogP contribution in [0, 0.1) is 0 Å². The second kappa shape index (κ2) is 7.32. The number of carbonyl (C=O) groups excluding carboxylic acids is 4. The van der Waals surface area contributed by atoms with Gasteiger partial charge in [0.05, 0.1) is 17.7 Å². The summed E-state index contributed by atoms with van der Waals surface area (Å²) in [5.74, 6) is -2.09. The molecule has 1 saturated heterocycles. The smallest absolute Gasteiger partial charge is 0.262 e. The molecule has 0 aliphatic carbocycles. The van der Waals surface area contributed by atoms with E-state index in [0.29, 0.717) is 13.1 Å². The molecule has 2 unspecified atom stereocenters. The average molecular weight is 360 g/mol. The Balaban J connectivity index is 1.75. The Labute approximate surface area is 149 Å². The molecule has 4 amide bonds. The molecule has 1 aromatic carbocycles. The van der Waals surface area contributed by atoms with Gasteiger partial charge in [0.25, 0.3) is 11.8 Å². The minimum absolute atomic E-state index is 0.0874. The number of nitrogens with zero attached hydrogens (tertiary/aromatic N) is 1. The number of rotatable bonds is 6. The fraction of sp³-hybridized carbons (Fsp3) is 0.412. The largest absolute Gasteiger partial charge is 0.395 e. The summed E-state index contributed by atoms with van der Waals surface area (Å²) in [6, 6.07) is 3.54. The number of nitrogens with one attached hydrogen (secondary N) is 2. The summed E-state index contributed by atoms with van der Waals surface area (Å²) in [5.41, 5.74) is 6.88. The number of aliphatic hydroxyl groups excluding tert-OH is 1. The molecule has 138 valence electrons. The Kier molecular flexibility index (Phi) is 5.12. The van der Waals surface area contributed by atoms with E-state index in [1.165, 1.54) is 0 Å². The number of nitrogens with two attached hydrogens (primary N) is 1. The monoisotopic (exact) mass is 360 g/mol. The molecule has 0 saturated carbocycles. The number of piperidine rings is 1. The van der Waals surface area contributed by atoms with Gasteiger partial charge in [0.2, 0.25) is 11.8 Å². The molecule has 0 aromatic heterocycles. The Hall–Kier alpha value is -2.62. The van der Waals surface area contributed by atoms with Crippen molar-refractivity contribution >= 4 is 23.6 Å². The van der Waals surface area contributed by atoms with Crippen LogP contribution in [0.15, 0.2) is 18.2 Å². The number of imide groups is 2. The van der Waals surface area contributed by atoms with Crippen molar-refractivity contribution in [2.45, 2.75) is 31.5 Å². The highest BCUT2D eigenvalue weighted by Crippen LogP contribution is 2.28. The van der Waals surface area contributed by atoms with E-state index in [1.807, 2.05) is 0 Å². The number of fused-ring (bicyclic) bond motifs is 1. The van der Waals surface area contributed by atoms with Crippen molar-refractivity contribution in [1.29, 1.82) is 0 Å². The van der Waals surface area contributed by atoms with E-state index in [9.17, 15) is 19.2 Å². The Morgan fingerprint density at radius 2 is 1.96 bits per heavy atom. The molecule has 2 heterocycles. The second-order valence-corrected chi connectivity index (χ2v) is 6.40. The molecule has 9 heteroatoms. The maximum Gasteiger partial charge on any atom is 0.262 e. The van der Waals surface area contributed by atoms with Gasteiger partial charge in [0.15, 0.2) is 0 Å². The van der Waals surface area contributed by atoms with Gasteiger partial charge in [-0.1, -0.05) is 6.07 Å². The third-order valence-electron chi connectivity index (χ3n) is 4.47. The van der Waals surface area contributed by atoms with Crippen LogP contribution in [0.2, 0.25) is 0 Å². The van der Waals surface area contributed by atoms with Gasteiger partial charge in [-0.15, -0.1) is 0 Å². The van der Waals surface area contributed by atoms with Crippen molar-refractivity contribution in [3.8, 4) is 0 Å². The normalized spacial score (nSPS) is 21.0. The van der Waals surface area contributed by atoms with Crippen molar-refractivity contribution < 1.29 is 24.3 Å². The predicted octanol–water partition coefficient (Wildman–Crippen LogP) is -1.50. The van der Waals surface area contributed by atoms with Crippen molar-refractivity contribution in [3.63, 3.8) is 0 Å². The molecule has 2 atom stereocenters. The molecule has 9 nitrogen and oxygen atoms in total. The van der Waals surface area contributed by atoms with E-state index < -0.39 is 29.7 Å². The third kappa shape index (κ3) is 3.36. The van der Waals surface area contributed by atoms with E-state index >= 15 is 0 Å². The van der Waals surface area contributed by atoms with Crippen molar-refractivity contribution in [1.82, 2.24) is 15.5 Å². The highest BCUT2D eigenvalue weighted by molar-refractivity contribution is 6.23. The second-order valence-electron chi connectivity index (χ2n) is 6.40. The summed E-state index contributed by atoms with van der Waals surface area (Å²) in [6.45, 7) is 0.689. The van der Waals surface area contributed by atoms with Crippen LogP contribution in [0.3, 0.4) is 0 Å². The van der Waals surface area contributed by atoms with Crippen LogP contribution >= 0.6 is 0 Å². The summed E-state index contributed by atoms with van der Waals surface area (Å²) in [7, 11) is 0. The molecule has 3 rings (SSSR count). The Bertz CT molecular complexity index is 778. The number of hydrogen-bond donors (Lipinski definition) is 4. The summed E-state index contributed by atoms with van der Waals surface area (Å²) in [4.78, 5) is 49.5. The maximum absolute atomic E-state index is 12.7. The lowest BCUT2D eigenvalue weighted by atomic mass is 10.0. The quantitative estimate of drug-likeness (QED) is 0.452. The standard InChI is InChI=1S/C17H20N4O5/c18-10(8-22)7-19-6-9-1-2-11-12(5-9)17(26)21(16(11)25)13-3-4-14(23)20-15(13)24/h1-2,5,10,13,19,22H,3-4,6-8,18H2,(H,20,23,24). The fourth-order valence-corrected chi connectivity index (χ4v) is 3.09. The SMILES string of the molecule is NC(CO)CNCc1ccc2c(c1)C(=O)N(C1CCC(=O)NC1=O)C2=O. The van der Waals surface area contributed by atoms with Gasteiger partial charge in [-0.25, -0.2) is 0 Å². The van der Waals surface area contributed by atoms with Crippen LogP contribution < -0.4 is 16.4 Å². The molecule has 26 heavy (non-hydrogen) atoms. The number of amides is 4. The maximum atomic E-state index is 12.7. The van der Waals surface area contributed by atoms with Crippen molar-refractivity contribution in [2.24, 2.45) is 5.73 Å². The Morgan fingerprint density at radius 3 is 2.65 bits per heavy atom. The fourth-order valence-electron chi connectivity index (χ4n) is 3.09. The lowest BCUT2D eigenvalue weighted by Crippen LogP contribution is -2.54. The van der Waals surface area contributed by atoms with E-state index in [2.05, 4.69) is 10.6 Å². The Morgan fingerprint density at radius 1 is 1.23 bits per heavy atom. The summed E-state index contributed by atoms with van der Waals surface area (Å²) >= 11 is 0. The number of benzene rings is 1. The predicted molar refractivity (Wildman–Crippen MR) is 89.9 cm³/mol. The topological polar surface area (TPSA) is 142 Å². The van der Waals surface area contributed by atoms with Gasteiger partial charge in [-0.3, -0.25) is 29.4 Å². The number of carbonyl (C=O) groups is 4. The number of hydrogen-bond acceptors (Lipinski definition) is 7. The van der Waals surface area contributed by atoms with Gasteiger partial charge in [-0.2, -0.15) is 0 Å². The summed E-state index contributed by atoms with van der Waals surface area (Å²) in [6.07, 6.45) is 0.216. The zero-order valence-electron chi connectivity index (χ0n) is 14.0. The van der Waals surface area contributed by atoms with Gasteiger partial charge in [0.1, 0.15) is 6.04 Å². The van der Waals surface area contributed by atoms with Crippen LogP contribution in [0.25, 0.3) is 0 Å². The van der Waals surface area contributed by atoms with E-state index in [1.54, 1.807) is 18.2 Å². The molecule has 1 fully saturated rings. The first-order valence-corrected chi connectivity index (χ1v) is 8.34. The van der Waals surface area contributed by atoms with Crippen LogP contribution in [0.1, 0.15) is 39.1 Å². The first kappa shape index (κ1) is 18.2. The lowest BCUT2D eigenvalue weighted by molar-refractivity contribution is -0.136. The van der Waals surface area contributed by atoms with Crippen molar-refractivity contribution in [2.75, 3.05) is 13.2 Å². The van der Waals surface area contributed by atoms with Crippen molar-refractivity contribution in [3.05, 3.63) is 34.9 Å². The van der Waals surface area contributed by atoms with Crippen LogP contribution in [-0.2, 0) is 16.1 Å². The molecular weight excluding hydrogens is 340 g/mol. The summed E-state index contributed by atoms with van der Waals surface area (Å²) < 4.78 is 0. The zero-order valence-corrected chi connectivity index (χ0v) is 14.0. The molecule has 0 spiro atoms. The molecule has 1 aromatic rings. The molecule has 5 N–H and O–H groups in total. The minimum Gasteiger partial charge on any atom is -0.395 e. The average Bonchev–Trinajstić information content (AvgIpc) is 2.86. The highest BCUT2D eigenvalue weighted by atomic mass is 16.3. The zero-order chi connectivity index (χ0) is 18.8. The lowest BCUT2D eigenvalue weighted by Gasteiger charge is -2.27. The first-order chi connectivity index (χ1) is 12.4. The van der Waals surface area contributed by atoms with E-state index in [4.69, 9.17) is 10.8 Å². The molecule has 0 radical (unpaired) electrons. The molecule has 2 aliphatic rings. The van der Waals surface area contributed by atoms with Gasteiger partial charge < -0.3 is 16.2 Å². The molecule has 2 aliphatic heterocycles. The molecular formula is C17H20N4O5. The third-order valence-corrected chi connectivity index (χ3v) is 4.47. The number of aliphatic hydroxyl groups is 1. The van der Waals surface area contributed by atoms with Crippen LogP contribution in [0.4, 0.5) is 0 Å². The van der Waals surface area contributed by atoms with Crippen LogP contribution in [-0.4, -0.2) is 58.9 Å². The van der Waals surface area contributed by atoms with Crippen LogP contribution in [0.5, 0.6) is 0 Å². The molecule has 0 bridgehead atoms. The first-order valence-electron chi connectivity index (χ1n) is 8.34. The van der Waals surface area contributed by atoms with E-state index in [-0.39, 0.29) is 36.6 Å². The highest BCUT2D eigenvalue weighted by Gasteiger charge is 2.44. The van der Waals surface area contributed by atoms with E-state index in [0.717, 1.165) is 10.5 Å². The summed E-state index contributed by atoms with van der Waals surface area (Å²) in [5, 5.41) is 14.1. The van der Waals surface area contributed by atoms with Gasteiger partial charge >= 0.3 is 0 Å².